The second-order valence-corrected chi connectivity index (χ2v) is 5.82. The number of nitrogens with zero attached hydrogens (tertiary/aromatic N) is 2. The summed E-state index contributed by atoms with van der Waals surface area (Å²) in [4.78, 5) is 4.25. The lowest BCUT2D eigenvalue weighted by Crippen LogP contribution is -1.90. The van der Waals surface area contributed by atoms with Gasteiger partial charge in [-0.05, 0) is 29.8 Å². The van der Waals surface area contributed by atoms with Gasteiger partial charge in [0.25, 0.3) is 0 Å². The minimum absolute atomic E-state index is 0.747. The van der Waals surface area contributed by atoms with Crippen molar-refractivity contribution in [1.82, 2.24) is 15.2 Å². The van der Waals surface area contributed by atoms with Gasteiger partial charge >= 0.3 is 0 Å². The number of hydrogen-bond donors (Lipinski definition) is 2. The predicted octanol–water partition coefficient (Wildman–Crippen LogP) is 5.11. The largest absolute Gasteiger partial charge is 0.464 e. The fourth-order valence-electron chi connectivity index (χ4n) is 3.03. The molecule has 2 aromatic carbocycles. The zero-order valence-electron chi connectivity index (χ0n) is 13.2. The number of H-pyrrole nitrogens is 1. The van der Waals surface area contributed by atoms with Crippen LogP contribution in [0.5, 0.6) is 0 Å². The average molecular weight is 326 g/mol. The van der Waals surface area contributed by atoms with Gasteiger partial charge in [0, 0.05) is 28.9 Å². The first-order valence-electron chi connectivity index (χ1n) is 8.01. The van der Waals surface area contributed by atoms with E-state index in [1.165, 1.54) is 0 Å². The van der Waals surface area contributed by atoms with Gasteiger partial charge in [0.05, 0.1) is 11.6 Å². The van der Waals surface area contributed by atoms with E-state index >= 15 is 0 Å². The molecule has 0 aliphatic carbocycles. The van der Waals surface area contributed by atoms with Crippen LogP contribution < -0.4 is 5.32 Å². The van der Waals surface area contributed by atoms with Crippen molar-refractivity contribution >= 4 is 33.5 Å². The summed E-state index contributed by atoms with van der Waals surface area (Å²) in [5, 5.41) is 12.6. The predicted molar refractivity (Wildman–Crippen MR) is 98.8 cm³/mol. The molecule has 5 heteroatoms. The lowest BCUT2D eigenvalue weighted by atomic mass is 10.0. The fraction of sp³-hybridized carbons (Fsp3) is 0. The highest BCUT2D eigenvalue weighted by molar-refractivity contribution is 5.96. The number of aromatic amines is 1. The van der Waals surface area contributed by atoms with E-state index in [1.54, 1.807) is 12.5 Å². The number of nitrogens with one attached hydrogen (secondary N) is 2. The number of benzene rings is 2. The van der Waals surface area contributed by atoms with E-state index in [9.17, 15) is 0 Å². The Bertz CT molecular complexity index is 1170. The van der Waals surface area contributed by atoms with Crippen LogP contribution >= 0.6 is 0 Å². The van der Waals surface area contributed by atoms with Crippen LogP contribution in [-0.2, 0) is 0 Å². The molecule has 25 heavy (non-hydrogen) atoms. The summed E-state index contributed by atoms with van der Waals surface area (Å²) in [6.45, 7) is 0. The number of aromatic nitrogens is 3. The minimum atomic E-state index is 0.747. The standard InChI is InChI=1S/C20H14N4O/c1-2-5-13(6-3-1)17-12-25-18-11-14(8-9-15(17)18)22-20-16-7-4-10-21-19(16)23-24-20/h1-12H,(H2,21,22,23,24). The van der Waals surface area contributed by atoms with Gasteiger partial charge in [-0.3, -0.25) is 5.10 Å². The molecule has 0 saturated carbocycles. The molecule has 5 rings (SSSR count). The van der Waals surface area contributed by atoms with Crippen molar-refractivity contribution in [2.45, 2.75) is 0 Å². The maximum absolute atomic E-state index is 5.77. The van der Waals surface area contributed by atoms with Crippen LogP contribution in [0, 0.1) is 0 Å². The monoisotopic (exact) mass is 326 g/mol. The van der Waals surface area contributed by atoms with E-state index < -0.39 is 0 Å². The number of furan rings is 1. The Hall–Kier alpha value is -3.60. The molecule has 0 aliphatic rings. The number of rotatable bonds is 3. The molecule has 0 spiro atoms. The molecule has 0 amide bonds. The molecule has 0 unspecified atom stereocenters. The van der Waals surface area contributed by atoms with Crippen LogP contribution in [0.2, 0.25) is 0 Å². The van der Waals surface area contributed by atoms with Gasteiger partial charge in [0.15, 0.2) is 11.5 Å². The lowest BCUT2D eigenvalue weighted by Gasteiger charge is -2.04. The summed E-state index contributed by atoms with van der Waals surface area (Å²) in [7, 11) is 0. The second kappa shape index (κ2) is 5.49. The maximum Gasteiger partial charge on any atom is 0.161 e. The Morgan fingerprint density at radius 2 is 1.84 bits per heavy atom. The molecule has 0 atom stereocenters. The van der Waals surface area contributed by atoms with Gasteiger partial charge in [0.2, 0.25) is 0 Å². The third-order valence-electron chi connectivity index (χ3n) is 4.26. The van der Waals surface area contributed by atoms with E-state index in [-0.39, 0.29) is 0 Å². The zero-order valence-corrected chi connectivity index (χ0v) is 13.2. The molecular weight excluding hydrogens is 312 g/mol. The average Bonchev–Trinajstić information content (AvgIpc) is 3.27. The first-order valence-corrected chi connectivity index (χ1v) is 8.01. The highest BCUT2D eigenvalue weighted by Gasteiger charge is 2.10. The van der Waals surface area contributed by atoms with E-state index in [0.29, 0.717) is 0 Å². The van der Waals surface area contributed by atoms with Crippen molar-refractivity contribution in [2.75, 3.05) is 5.32 Å². The van der Waals surface area contributed by atoms with Crippen molar-refractivity contribution in [1.29, 1.82) is 0 Å². The van der Waals surface area contributed by atoms with Crippen LogP contribution in [-0.4, -0.2) is 15.2 Å². The van der Waals surface area contributed by atoms with Gasteiger partial charge in [-0.1, -0.05) is 30.3 Å². The molecular formula is C20H14N4O. The molecule has 3 heterocycles. The second-order valence-electron chi connectivity index (χ2n) is 5.82. The molecule has 0 bridgehead atoms. The summed E-state index contributed by atoms with van der Waals surface area (Å²) >= 11 is 0. The zero-order chi connectivity index (χ0) is 16.6. The van der Waals surface area contributed by atoms with Crippen molar-refractivity contribution < 1.29 is 4.42 Å². The van der Waals surface area contributed by atoms with Crippen molar-refractivity contribution in [3.8, 4) is 11.1 Å². The molecule has 5 aromatic rings. The lowest BCUT2D eigenvalue weighted by molar-refractivity contribution is 0.617. The molecule has 0 aliphatic heterocycles. The van der Waals surface area contributed by atoms with Gasteiger partial charge in [-0.25, -0.2) is 4.98 Å². The number of anilines is 2. The molecule has 120 valence electrons. The SMILES string of the molecule is c1ccc(-c2coc3cc(Nc4n[nH]c5ncccc45)ccc23)cc1. The van der Waals surface area contributed by atoms with E-state index in [4.69, 9.17) is 4.42 Å². The molecule has 3 aromatic heterocycles. The first-order chi connectivity index (χ1) is 12.4. The highest BCUT2D eigenvalue weighted by atomic mass is 16.3. The van der Waals surface area contributed by atoms with Gasteiger partial charge in [0.1, 0.15) is 5.58 Å². The van der Waals surface area contributed by atoms with E-state index in [0.717, 1.165) is 44.6 Å². The Labute approximate surface area is 143 Å². The topological polar surface area (TPSA) is 66.7 Å². The van der Waals surface area contributed by atoms with Crippen LogP contribution in [0.15, 0.2) is 77.5 Å². The molecule has 5 nitrogen and oxygen atoms in total. The number of fused-ring (bicyclic) bond motifs is 2. The molecule has 0 radical (unpaired) electrons. The summed E-state index contributed by atoms with van der Waals surface area (Å²) < 4.78 is 5.77. The summed E-state index contributed by atoms with van der Waals surface area (Å²) in [6, 6.07) is 20.2. The molecule has 0 fully saturated rings. The Balaban J connectivity index is 1.53. The van der Waals surface area contributed by atoms with Crippen LogP contribution in [0.4, 0.5) is 11.5 Å². The quantitative estimate of drug-likeness (QED) is 0.483. The summed E-state index contributed by atoms with van der Waals surface area (Å²) in [5.74, 6) is 0.747. The van der Waals surface area contributed by atoms with Crippen molar-refractivity contribution in [3.63, 3.8) is 0 Å². The minimum Gasteiger partial charge on any atom is -0.464 e. The van der Waals surface area contributed by atoms with E-state index in [1.807, 2.05) is 42.5 Å². The highest BCUT2D eigenvalue weighted by Crippen LogP contribution is 2.33. The van der Waals surface area contributed by atoms with E-state index in [2.05, 4.69) is 38.7 Å². The van der Waals surface area contributed by atoms with Crippen molar-refractivity contribution in [2.24, 2.45) is 0 Å². The molecule has 0 saturated heterocycles. The Kier molecular flexibility index (Phi) is 3.03. The normalized spacial score (nSPS) is 11.2. The fourth-order valence-corrected chi connectivity index (χ4v) is 3.03. The third kappa shape index (κ3) is 2.33. The summed E-state index contributed by atoms with van der Waals surface area (Å²) in [6.07, 6.45) is 3.54. The number of pyridine rings is 1. The third-order valence-corrected chi connectivity index (χ3v) is 4.26. The maximum atomic E-state index is 5.77. The Morgan fingerprint density at radius 3 is 2.76 bits per heavy atom. The smallest absolute Gasteiger partial charge is 0.161 e. The van der Waals surface area contributed by atoms with Crippen LogP contribution in [0.1, 0.15) is 0 Å². The summed E-state index contributed by atoms with van der Waals surface area (Å²) in [5.41, 5.74) is 4.75. The van der Waals surface area contributed by atoms with Gasteiger partial charge in [-0.15, -0.1) is 0 Å². The van der Waals surface area contributed by atoms with Gasteiger partial charge < -0.3 is 9.73 Å². The van der Waals surface area contributed by atoms with Gasteiger partial charge in [-0.2, -0.15) is 5.10 Å². The molecule has 2 N–H and O–H groups in total. The van der Waals surface area contributed by atoms with Crippen LogP contribution in [0.3, 0.4) is 0 Å². The van der Waals surface area contributed by atoms with Crippen molar-refractivity contribution in [3.05, 3.63) is 73.1 Å². The first kappa shape index (κ1) is 13.8. The number of hydrogen-bond acceptors (Lipinski definition) is 4. The van der Waals surface area contributed by atoms with Crippen LogP contribution in [0.25, 0.3) is 33.1 Å². The Morgan fingerprint density at radius 1 is 0.920 bits per heavy atom.